The first-order valence-corrected chi connectivity index (χ1v) is 8.02. The van der Waals surface area contributed by atoms with Gasteiger partial charge in [0.05, 0.1) is 11.6 Å². The first-order valence-electron chi connectivity index (χ1n) is 7.61. The molecule has 0 unspecified atom stereocenters. The molecule has 0 bridgehead atoms. The van der Waals surface area contributed by atoms with Gasteiger partial charge in [-0.2, -0.15) is 13.2 Å². The monoisotopic (exact) mass is 352 g/mol. The molecule has 0 aliphatic carbocycles. The van der Waals surface area contributed by atoms with E-state index in [-0.39, 0.29) is 6.04 Å². The summed E-state index contributed by atoms with van der Waals surface area (Å²) in [5, 5.41) is 6.29. The largest absolute Gasteiger partial charge is 0.416 e. The fraction of sp³-hybridized carbons (Fsp3) is 0.278. The number of thiocarbonyl (C=S) groups is 1. The van der Waals surface area contributed by atoms with Crippen LogP contribution in [0.5, 0.6) is 0 Å². The maximum Gasteiger partial charge on any atom is 0.416 e. The van der Waals surface area contributed by atoms with Gasteiger partial charge in [-0.1, -0.05) is 37.3 Å². The van der Waals surface area contributed by atoms with Crippen molar-refractivity contribution in [1.82, 2.24) is 5.32 Å². The molecule has 0 amide bonds. The number of nitrogens with one attached hydrogen (secondary N) is 2. The average molecular weight is 352 g/mol. The highest BCUT2D eigenvalue weighted by Gasteiger charge is 2.30. The van der Waals surface area contributed by atoms with Gasteiger partial charge >= 0.3 is 6.18 Å². The van der Waals surface area contributed by atoms with Crippen LogP contribution < -0.4 is 10.6 Å². The van der Waals surface area contributed by atoms with Gasteiger partial charge in [-0.25, -0.2) is 0 Å². The van der Waals surface area contributed by atoms with Crippen LogP contribution in [0.3, 0.4) is 0 Å². The van der Waals surface area contributed by atoms with Gasteiger partial charge < -0.3 is 10.6 Å². The second-order valence-electron chi connectivity index (χ2n) is 5.49. The van der Waals surface area contributed by atoms with E-state index in [0.717, 1.165) is 29.7 Å². The van der Waals surface area contributed by atoms with E-state index in [4.69, 9.17) is 12.2 Å². The van der Waals surface area contributed by atoms with Gasteiger partial charge in [0.15, 0.2) is 5.11 Å². The van der Waals surface area contributed by atoms with Gasteiger partial charge in [0.25, 0.3) is 0 Å². The van der Waals surface area contributed by atoms with E-state index in [9.17, 15) is 13.2 Å². The Hall–Kier alpha value is -2.08. The van der Waals surface area contributed by atoms with Crippen molar-refractivity contribution in [1.29, 1.82) is 0 Å². The summed E-state index contributed by atoms with van der Waals surface area (Å²) >= 11 is 5.26. The standard InChI is InChI=1S/C18H19F3N2S/c1-3-16(15-10-5-4-7-12(15)2)23-17(24)22-14-9-6-8-13(11-14)18(19,20)21/h4-11,16H,3H2,1-2H3,(H2,22,23,24)/t16-/m0/s1. The number of aryl methyl sites for hydroxylation is 1. The maximum atomic E-state index is 12.8. The van der Waals surface area contributed by atoms with Crippen LogP contribution in [0.15, 0.2) is 48.5 Å². The van der Waals surface area contributed by atoms with Crippen LogP contribution in [-0.2, 0) is 6.18 Å². The second-order valence-corrected chi connectivity index (χ2v) is 5.90. The molecule has 0 aromatic heterocycles. The molecule has 2 rings (SSSR count). The Morgan fingerprint density at radius 2 is 1.83 bits per heavy atom. The van der Waals surface area contributed by atoms with E-state index < -0.39 is 11.7 Å². The molecule has 0 saturated heterocycles. The van der Waals surface area contributed by atoms with Crippen LogP contribution >= 0.6 is 12.2 Å². The minimum atomic E-state index is -4.38. The Morgan fingerprint density at radius 3 is 2.46 bits per heavy atom. The van der Waals surface area contributed by atoms with Crippen molar-refractivity contribution in [2.45, 2.75) is 32.5 Å². The molecule has 6 heteroatoms. The van der Waals surface area contributed by atoms with E-state index in [0.29, 0.717) is 10.8 Å². The average Bonchev–Trinajstić information content (AvgIpc) is 2.53. The van der Waals surface area contributed by atoms with Gasteiger partial charge in [-0.15, -0.1) is 0 Å². The minimum Gasteiger partial charge on any atom is -0.356 e. The molecule has 128 valence electrons. The van der Waals surface area contributed by atoms with Crippen LogP contribution in [0, 0.1) is 6.92 Å². The van der Waals surface area contributed by atoms with Crippen molar-refractivity contribution in [2.24, 2.45) is 0 Å². The number of alkyl halides is 3. The van der Waals surface area contributed by atoms with Crippen molar-refractivity contribution in [3.05, 3.63) is 65.2 Å². The molecule has 0 radical (unpaired) electrons. The smallest absolute Gasteiger partial charge is 0.356 e. The molecule has 0 fully saturated rings. The summed E-state index contributed by atoms with van der Waals surface area (Å²) in [4.78, 5) is 0. The number of hydrogen-bond acceptors (Lipinski definition) is 1. The predicted octanol–water partition coefficient (Wildman–Crippen LogP) is 5.45. The topological polar surface area (TPSA) is 24.1 Å². The summed E-state index contributed by atoms with van der Waals surface area (Å²) in [6, 6.07) is 12.9. The molecule has 1 atom stereocenters. The summed E-state index contributed by atoms with van der Waals surface area (Å²) < 4.78 is 38.3. The molecular weight excluding hydrogens is 333 g/mol. The molecule has 0 saturated carbocycles. The second kappa shape index (κ2) is 7.66. The van der Waals surface area contributed by atoms with Crippen LogP contribution in [-0.4, -0.2) is 5.11 Å². The lowest BCUT2D eigenvalue weighted by Gasteiger charge is -2.22. The summed E-state index contributed by atoms with van der Waals surface area (Å²) in [5.41, 5.74) is 1.86. The van der Waals surface area contributed by atoms with Crippen molar-refractivity contribution in [3.8, 4) is 0 Å². The number of anilines is 1. The molecule has 24 heavy (non-hydrogen) atoms. The van der Waals surface area contributed by atoms with Gasteiger partial charge in [-0.05, 0) is 54.9 Å². The van der Waals surface area contributed by atoms with Crippen LogP contribution in [0.1, 0.15) is 36.1 Å². The molecule has 0 aliphatic heterocycles. The van der Waals surface area contributed by atoms with E-state index in [2.05, 4.69) is 10.6 Å². The molecule has 0 heterocycles. The Labute approximate surface area is 145 Å². The van der Waals surface area contributed by atoms with Crippen LogP contribution in [0.25, 0.3) is 0 Å². The maximum absolute atomic E-state index is 12.8. The van der Waals surface area contributed by atoms with Crippen molar-refractivity contribution in [3.63, 3.8) is 0 Å². The highest BCUT2D eigenvalue weighted by molar-refractivity contribution is 7.80. The zero-order chi connectivity index (χ0) is 17.7. The lowest BCUT2D eigenvalue weighted by Crippen LogP contribution is -2.32. The first-order chi connectivity index (χ1) is 11.3. The molecule has 2 nitrogen and oxygen atoms in total. The zero-order valence-corrected chi connectivity index (χ0v) is 14.3. The lowest BCUT2D eigenvalue weighted by molar-refractivity contribution is -0.137. The van der Waals surface area contributed by atoms with Gasteiger partial charge in [0.1, 0.15) is 0 Å². The summed E-state index contributed by atoms with van der Waals surface area (Å²) in [5.74, 6) is 0. The highest BCUT2D eigenvalue weighted by Crippen LogP contribution is 2.30. The van der Waals surface area contributed by atoms with Crippen LogP contribution in [0.4, 0.5) is 18.9 Å². The number of hydrogen-bond donors (Lipinski definition) is 2. The van der Waals surface area contributed by atoms with Crippen molar-refractivity contribution < 1.29 is 13.2 Å². The summed E-state index contributed by atoms with van der Waals surface area (Å²) in [6.07, 6.45) is -3.57. The normalized spacial score (nSPS) is 12.5. The fourth-order valence-electron chi connectivity index (χ4n) is 2.48. The van der Waals surface area contributed by atoms with E-state index in [1.54, 1.807) is 6.07 Å². The number of rotatable bonds is 4. The minimum absolute atomic E-state index is 0.00278. The SMILES string of the molecule is CC[C@H](NC(=S)Nc1cccc(C(F)(F)F)c1)c1ccccc1C. The molecule has 2 N–H and O–H groups in total. The predicted molar refractivity (Wildman–Crippen MR) is 95.0 cm³/mol. The van der Waals surface area contributed by atoms with Crippen molar-refractivity contribution >= 4 is 23.0 Å². The lowest BCUT2D eigenvalue weighted by atomic mass is 10.00. The molecule has 0 spiro atoms. The van der Waals surface area contributed by atoms with E-state index in [1.165, 1.54) is 6.07 Å². The highest BCUT2D eigenvalue weighted by atomic mass is 32.1. The third-order valence-corrected chi connectivity index (χ3v) is 3.95. The Morgan fingerprint density at radius 1 is 1.12 bits per heavy atom. The summed E-state index contributed by atoms with van der Waals surface area (Å²) in [7, 11) is 0. The third-order valence-electron chi connectivity index (χ3n) is 3.73. The quantitative estimate of drug-likeness (QED) is 0.715. The molecule has 0 aliphatic rings. The number of halogens is 3. The van der Waals surface area contributed by atoms with Crippen molar-refractivity contribution in [2.75, 3.05) is 5.32 Å². The van der Waals surface area contributed by atoms with Gasteiger partial charge in [-0.3, -0.25) is 0 Å². The van der Waals surface area contributed by atoms with Crippen LogP contribution in [0.2, 0.25) is 0 Å². The Kier molecular flexibility index (Phi) is 5.83. The fourth-order valence-corrected chi connectivity index (χ4v) is 2.74. The summed E-state index contributed by atoms with van der Waals surface area (Å²) in [6.45, 7) is 4.04. The molecule has 2 aromatic carbocycles. The zero-order valence-electron chi connectivity index (χ0n) is 13.4. The van der Waals surface area contributed by atoms with E-state index in [1.807, 2.05) is 38.1 Å². The van der Waals surface area contributed by atoms with Gasteiger partial charge in [0, 0.05) is 5.69 Å². The van der Waals surface area contributed by atoms with E-state index >= 15 is 0 Å². The Balaban J connectivity index is 2.09. The third kappa shape index (κ3) is 4.71. The Bertz CT molecular complexity index is 713. The van der Waals surface area contributed by atoms with Gasteiger partial charge in [0.2, 0.25) is 0 Å². The first kappa shape index (κ1) is 18.3. The number of benzene rings is 2. The molecule has 2 aromatic rings. The molecular formula is C18H19F3N2S.